The van der Waals surface area contributed by atoms with Gasteiger partial charge in [-0.25, -0.2) is 0 Å². The van der Waals surface area contributed by atoms with Gasteiger partial charge in [0.05, 0.1) is 12.1 Å². The van der Waals surface area contributed by atoms with Crippen LogP contribution in [-0.2, 0) is 4.79 Å². The number of ether oxygens (including phenoxy) is 1. The Kier molecular flexibility index (Phi) is 4.97. The van der Waals surface area contributed by atoms with Crippen LogP contribution in [0, 0.1) is 0 Å². The summed E-state index contributed by atoms with van der Waals surface area (Å²) in [5, 5.41) is 8.79. The Morgan fingerprint density at radius 2 is 2.06 bits per heavy atom. The number of halogens is 1. The van der Waals surface area contributed by atoms with Crippen LogP contribution in [0.15, 0.2) is 18.2 Å². The van der Waals surface area contributed by atoms with E-state index in [-0.39, 0.29) is 18.6 Å². The summed E-state index contributed by atoms with van der Waals surface area (Å²) in [4.78, 5) is 22.0. The molecule has 0 saturated carbocycles. The summed E-state index contributed by atoms with van der Waals surface area (Å²) in [5.74, 6) is -0.477. The van der Waals surface area contributed by atoms with Gasteiger partial charge in [-0.3, -0.25) is 9.59 Å². The first-order chi connectivity index (χ1) is 8.04. The second kappa shape index (κ2) is 6.25. The zero-order chi connectivity index (χ0) is 12.8. The van der Waals surface area contributed by atoms with Crippen molar-refractivity contribution < 1.29 is 19.4 Å². The molecular formula is C12H13ClO4. The molecule has 0 radical (unpaired) electrons. The van der Waals surface area contributed by atoms with E-state index in [1.807, 2.05) is 0 Å². The van der Waals surface area contributed by atoms with E-state index in [0.717, 1.165) is 0 Å². The number of carbonyl (C=O) groups is 2. The van der Waals surface area contributed by atoms with E-state index in [9.17, 15) is 9.59 Å². The predicted octanol–water partition coefficient (Wildman–Crippen LogP) is 2.79. The maximum absolute atomic E-state index is 11.7. The Hall–Kier alpha value is -1.55. The maximum Gasteiger partial charge on any atom is 0.303 e. The second-order valence-electron chi connectivity index (χ2n) is 3.52. The lowest BCUT2D eigenvalue weighted by molar-refractivity contribution is -0.137. The summed E-state index contributed by atoms with van der Waals surface area (Å²) in [7, 11) is 1.51. The molecule has 1 aromatic carbocycles. The number of rotatable bonds is 6. The van der Waals surface area contributed by atoms with Gasteiger partial charge in [0.1, 0.15) is 5.75 Å². The van der Waals surface area contributed by atoms with Crippen molar-refractivity contribution in [3.63, 3.8) is 0 Å². The standard InChI is InChI=1S/C12H13ClO4/c1-17-8-5-6-9(10(13)7-8)11(14)3-2-4-12(15)16/h5-7H,2-4H2,1H3,(H,15,16). The van der Waals surface area contributed by atoms with Gasteiger partial charge in [0.15, 0.2) is 5.78 Å². The van der Waals surface area contributed by atoms with Crippen LogP contribution in [0.2, 0.25) is 5.02 Å². The molecule has 0 aromatic heterocycles. The molecule has 0 spiro atoms. The fourth-order valence-electron chi connectivity index (χ4n) is 1.38. The lowest BCUT2D eigenvalue weighted by atomic mass is 10.1. The minimum Gasteiger partial charge on any atom is -0.497 e. The van der Waals surface area contributed by atoms with Crippen molar-refractivity contribution in [3.05, 3.63) is 28.8 Å². The van der Waals surface area contributed by atoms with Crippen LogP contribution in [-0.4, -0.2) is 24.0 Å². The van der Waals surface area contributed by atoms with Crippen molar-refractivity contribution in [2.45, 2.75) is 19.3 Å². The fourth-order valence-corrected chi connectivity index (χ4v) is 1.66. The van der Waals surface area contributed by atoms with Gasteiger partial charge < -0.3 is 9.84 Å². The Balaban J connectivity index is 2.66. The van der Waals surface area contributed by atoms with Crippen LogP contribution in [0.3, 0.4) is 0 Å². The third kappa shape index (κ3) is 4.07. The number of methoxy groups -OCH3 is 1. The molecule has 0 aliphatic heterocycles. The average Bonchev–Trinajstić information content (AvgIpc) is 2.28. The highest BCUT2D eigenvalue weighted by Gasteiger charge is 2.11. The minimum absolute atomic E-state index is 0.0144. The van der Waals surface area contributed by atoms with E-state index >= 15 is 0 Å². The van der Waals surface area contributed by atoms with Crippen molar-refractivity contribution in [2.24, 2.45) is 0 Å². The third-order valence-electron chi connectivity index (χ3n) is 2.27. The van der Waals surface area contributed by atoms with Crippen LogP contribution in [0.5, 0.6) is 5.75 Å². The number of aliphatic carboxylic acids is 1. The Morgan fingerprint density at radius 1 is 1.35 bits per heavy atom. The van der Waals surface area contributed by atoms with Gasteiger partial charge in [0.25, 0.3) is 0 Å². The first kappa shape index (κ1) is 13.5. The van der Waals surface area contributed by atoms with Gasteiger partial charge in [0.2, 0.25) is 0 Å². The average molecular weight is 257 g/mol. The molecule has 0 fully saturated rings. The van der Waals surface area contributed by atoms with Gasteiger partial charge in [-0.1, -0.05) is 11.6 Å². The quantitative estimate of drug-likeness (QED) is 0.795. The van der Waals surface area contributed by atoms with Crippen LogP contribution in [0.25, 0.3) is 0 Å². The molecule has 17 heavy (non-hydrogen) atoms. The molecule has 4 nitrogen and oxygen atoms in total. The molecule has 92 valence electrons. The monoisotopic (exact) mass is 256 g/mol. The number of carboxylic acid groups (broad SMARTS) is 1. The Bertz CT molecular complexity index is 429. The normalized spacial score (nSPS) is 10.0. The number of hydrogen-bond donors (Lipinski definition) is 1. The summed E-state index contributed by atoms with van der Waals surface area (Å²) < 4.78 is 4.97. The molecule has 0 aliphatic carbocycles. The molecule has 1 N–H and O–H groups in total. The van der Waals surface area contributed by atoms with E-state index in [1.54, 1.807) is 18.2 Å². The molecule has 0 unspecified atom stereocenters. The largest absolute Gasteiger partial charge is 0.497 e. The van der Waals surface area contributed by atoms with E-state index in [4.69, 9.17) is 21.4 Å². The first-order valence-corrected chi connectivity index (χ1v) is 5.51. The highest BCUT2D eigenvalue weighted by Crippen LogP contribution is 2.23. The van der Waals surface area contributed by atoms with E-state index in [2.05, 4.69) is 0 Å². The molecule has 0 saturated heterocycles. The highest BCUT2D eigenvalue weighted by atomic mass is 35.5. The number of carbonyl (C=O) groups excluding carboxylic acids is 1. The van der Waals surface area contributed by atoms with Gasteiger partial charge in [-0.05, 0) is 24.6 Å². The number of ketones is 1. The van der Waals surface area contributed by atoms with Crippen molar-refractivity contribution >= 4 is 23.4 Å². The van der Waals surface area contributed by atoms with E-state index < -0.39 is 5.97 Å². The number of Topliss-reactive ketones (excluding diaryl/α,β-unsaturated/α-hetero) is 1. The summed E-state index contributed by atoms with van der Waals surface area (Å²) >= 11 is 5.93. The van der Waals surface area contributed by atoms with Crippen LogP contribution >= 0.6 is 11.6 Å². The first-order valence-electron chi connectivity index (χ1n) is 5.13. The molecule has 0 heterocycles. The smallest absolute Gasteiger partial charge is 0.303 e. The second-order valence-corrected chi connectivity index (χ2v) is 3.92. The molecule has 1 aromatic rings. The molecule has 5 heteroatoms. The van der Waals surface area contributed by atoms with E-state index in [1.165, 1.54) is 7.11 Å². The van der Waals surface area contributed by atoms with Crippen molar-refractivity contribution in [1.82, 2.24) is 0 Å². The highest BCUT2D eigenvalue weighted by molar-refractivity contribution is 6.34. The number of hydrogen-bond acceptors (Lipinski definition) is 3. The topological polar surface area (TPSA) is 63.6 Å². The number of benzene rings is 1. The van der Waals surface area contributed by atoms with Crippen molar-refractivity contribution in [2.75, 3.05) is 7.11 Å². The maximum atomic E-state index is 11.7. The zero-order valence-corrected chi connectivity index (χ0v) is 10.2. The Morgan fingerprint density at radius 3 is 2.59 bits per heavy atom. The van der Waals surface area contributed by atoms with Gasteiger partial charge in [0, 0.05) is 18.4 Å². The van der Waals surface area contributed by atoms with Crippen LogP contribution in [0.1, 0.15) is 29.6 Å². The van der Waals surface area contributed by atoms with Crippen LogP contribution in [0.4, 0.5) is 0 Å². The van der Waals surface area contributed by atoms with Gasteiger partial charge >= 0.3 is 5.97 Å². The van der Waals surface area contributed by atoms with Gasteiger partial charge in [-0.2, -0.15) is 0 Å². The van der Waals surface area contributed by atoms with Crippen molar-refractivity contribution in [3.8, 4) is 5.75 Å². The predicted molar refractivity (Wildman–Crippen MR) is 63.8 cm³/mol. The summed E-state index contributed by atoms with van der Waals surface area (Å²) in [6.45, 7) is 0. The zero-order valence-electron chi connectivity index (χ0n) is 9.40. The molecule has 0 atom stereocenters. The SMILES string of the molecule is COc1ccc(C(=O)CCCC(=O)O)c(Cl)c1. The van der Waals surface area contributed by atoms with Gasteiger partial charge in [-0.15, -0.1) is 0 Å². The third-order valence-corrected chi connectivity index (χ3v) is 2.58. The van der Waals surface area contributed by atoms with E-state index in [0.29, 0.717) is 22.8 Å². The summed E-state index contributed by atoms with van der Waals surface area (Å²) in [6, 6.07) is 4.80. The Labute approximate surface area is 104 Å². The molecule has 0 aliphatic rings. The lowest BCUT2D eigenvalue weighted by Crippen LogP contribution is -2.02. The lowest BCUT2D eigenvalue weighted by Gasteiger charge is -2.05. The van der Waals surface area contributed by atoms with Crippen molar-refractivity contribution in [1.29, 1.82) is 0 Å². The molecular weight excluding hydrogens is 244 g/mol. The summed E-state index contributed by atoms with van der Waals surface area (Å²) in [6.07, 6.45) is 0.481. The molecule has 0 bridgehead atoms. The van der Waals surface area contributed by atoms with Crippen LogP contribution < -0.4 is 4.74 Å². The minimum atomic E-state index is -0.904. The molecule has 1 rings (SSSR count). The summed E-state index contributed by atoms with van der Waals surface area (Å²) in [5.41, 5.74) is 0.401. The fraction of sp³-hybridized carbons (Fsp3) is 0.333. The molecule has 0 amide bonds. The number of carboxylic acids is 1.